The molecule has 0 aromatic carbocycles. The molecule has 0 saturated heterocycles. The van der Waals surface area contributed by atoms with Crippen LogP contribution in [-0.2, 0) is 14.0 Å². The number of hydrogen-bond acceptors (Lipinski definition) is 3. The van der Waals surface area contributed by atoms with E-state index in [-0.39, 0.29) is 5.97 Å². The van der Waals surface area contributed by atoms with E-state index >= 15 is 0 Å². The second kappa shape index (κ2) is 10.4. The third kappa shape index (κ3) is 22.8. The third-order valence-corrected chi connectivity index (χ3v) is 1.08. The number of carbonyl (C=O) groups excluding carboxylic acids is 1. The van der Waals surface area contributed by atoms with E-state index in [0.29, 0.717) is 5.92 Å². The maximum Gasteiger partial charge on any atom is 0.307 e. The molecule has 0 aromatic rings. The van der Waals surface area contributed by atoms with Crippen molar-refractivity contribution >= 4 is 16.5 Å². The van der Waals surface area contributed by atoms with Crippen LogP contribution in [0.25, 0.3) is 0 Å². The summed E-state index contributed by atoms with van der Waals surface area (Å²) in [5, 5.41) is 0. The Kier molecular flexibility index (Phi) is 12.1. The SMILES string of the molecule is C=COC(C)=O.CC(C)CO[SiH3]. The van der Waals surface area contributed by atoms with E-state index in [2.05, 4.69) is 25.2 Å². The van der Waals surface area contributed by atoms with Crippen LogP contribution in [0.5, 0.6) is 0 Å². The molecule has 0 aliphatic rings. The molecule has 4 heteroatoms. The Hall–Kier alpha value is -0.613. The van der Waals surface area contributed by atoms with Gasteiger partial charge in [0.25, 0.3) is 0 Å². The van der Waals surface area contributed by atoms with Crippen molar-refractivity contribution in [1.29, 1.82) is 0 Å². The van der Waals surface area contributed by atoms with Crippen molar-refractivity contribution in [3.63, 3.8) is 0 Å². The smallest absolute Gasteiger partial charge is 0.307 e. The Labute approximate surface area is 77.3 Å². The van der Waals surface area contributed by atoms with E-state index in [1.807, 2.05) is 0 Å². The van der Waals surface area contributed by atoms with E-state index in [1.165, 1.54) is 6.92 Å². The quantitative estimate of drug-likeness (QED) is 0.372. The molecule has 0 spiro atoms. The van der Waals surface area contributed by atoms with Crippen LogP contribution in [0.2, 0.25) is 0 Å². The van der Waals surface area contributed by atoms with Gasteiger partial charge in [-0.1, -0.05) is 20.4 Å². The van der Waals surface area contributed by atoms with Crippen LogP contribution >= 0.6 is 0 Å². The van der Waals surface area contributed by atoms with Gasteiger partial charge in [-0.25, -0.2) is 0 Å². The zero-order chi connectivity index (χ0) is 9.98. The van der Waals surface area contributed by atoms with Gasteiger partial charge in [0.2, 0.25) is 0 Å². The Morgan fingerprint density at radius 2 is 2.17 bits per heavy atom. The Morgan fingerprint density at radius 1 is 1.67 bits per heavy atom. The monoisotopic (exact) mass is 190 g/mol. The van der Waals surface area contributed by atoms with Gasteiger partial charge in [0, 0.05) is 13.5 Å². The molecule has 0 heterocycles. The molecular formula is C8H18O3Si. The van der Waals surface area contributed by atoms with Crippen molar-refractivity contribution in [3.8, 4) is 0 Å². The predicted octanol–water partition coefficient (Wildman–Crippen LogP) is 0.632. The summed E-state index contributed by atoms with van der Waals surface area (Å²) in [7, 11) is 0.887. The molecule has 72 valence electrons. The van der Waals surface area contributed by atoms with Crippen LogP contribution in [0.3, 0.4) is 0 Å². The van der Waals surface area contributed by atoms with Gasteiger partial charge in [0.15, 0.2) is 0 Å². The van der Waals surface area contributed by atoms with Crippen LogP contribution in [0.4, 0.5) is 0 Å². The van der Waals surface area contributed by atoms with E-state index < -0.39 is 0 Å². The molecule has 0 fully saturated rings. The van der Waals surface area contributed by atoms with E-state index in [1.54, 1.807) is 0 Å². The number of ether oxygens (including phenoxy) is 1. The highest BCUT2D eigenvalue weighted by Gasteiger charge is 1.85. The summed E-state index contributed by atoms with van der Waals surface area (Å²) in [6.07, 6.45) is 1.10. The Morgan fingerprint density at radius 3 is 2.17 bits per heavy atom. The van der Waals surface area contributed by atoms with Crippen molar-refractivity contribution in [2.24, 2.45) is 5.92 Å². The van der Waals surface area contributed by atoms with Crippen molar-refractivity contribution < 1.29 is 14.0 Å². The zero-order valence-corrected chi connectivity index (χ0v) is 10.3. The minimum Gasteiger partial charge on any atom is -0.435 e. The second-order valence-electron chi connectivity index (χ2n) is 2.63. The summed E-state index contributed by atoms with van der Waals surface area (Å²) in [4.78, 5) is 9.75. The van der Waals surface area contributed by atoms with Crippen LogP contribution < -0.4 is 0 Å². The number of hydrogen-bond donors (Lipinski definition) is 0. The Bertz CT molecular complexity index is 123. The highest BCUT2D eigenvalue weighted by Crippen LogP contribution is 1.87. The molecular weight excluding hydrogens is 172 g/mol. The van der Waals surface area contributed by atoms with Gasteiger partial charge >= 0.3 is 5.97 Å². The summed E-state index contributed by atoms with van der Waals surface area (Å²) >= 11 is 0. The third-order valence-electron chi connectivity index (χ3n) is 0.749. The van der Waals surface area contributed by atoms with Crippen molar-refractivity contribution in [1.82, 2.24) is 0 Å². The van der Waals surface area contributed by atoms with Crippen LogP contribution in [-0.4, -0.2) is 23.1 Å². The molecule has 0 saturated carbocycles. The largest absolute Gasteiger partial charge is 0.435 e. The summed E-state index contributed by atoms with van der Waals surface area (Å²) in [6, 6.07) is 0. The molecule has 3 nitrogen and oxygen atoms in total. The van der Waals surface area contributed by atoms with Gasteiger partial charge < -0.3 is 9.16 Å². The highest BCUT2D eigenvalue weighted by atomic mass is 28.2. The molecule has 0 bridgehead atoms. The summed E-state index contributed by atoms with van der Waals surface area (Å²) < 4.78 is 9.11. The predicted molar refractivity (Wildman–Crippen MR) is 52.7 cm³/mol. The molecule has 0 atom stereocenters. The summed E-state index contributed by atoms with van der Waals surface area (Å²) in [5.41, 5.74) is 0. The molecule has 0 amide bonds. The minimum absolute atomic E-state index is 0.329. The molecule has 0 aliphatic carbocycles. The lowest BCUT2D eigenvalue weighted by Crippen LogP contribution is -1.97. The fourth-order valence-electron chi connectivity index (χ4n) is 0.451. The van der Waals surface area contributed by atoms with Gasteiger partial charge in [-0.2, -0.15) is 0 Å². The van der Waals surface area contributed by atoms with Gasteiger partial charge in [-0.3, -0.25) is 4.79 Å². The van der Waals surface area contributed by atoms with Crippen LogP contribution in [0.15, 0.2) is 12.8 Å². The zero-order valence-electron chi connectivity index (χ0n) is 8.29. The first-order chi connectivity index (χ1) is 5.54. The fourth-order valence-corrected chi connectivity index (χ4v) is 1.12. The van der Waals surface area contributed by atoms with Gasteiger partial charge in [0.05, 0.1) is 6.26 Å². The maximum absolute atomic E-state index is 9.75. The average molecular weight is 190 g/mol. The van der Waals surface area contributed by atoms with Crippen LogP contribution in [0, 0.1) is 5.92 Å². The first-order valence-electron chi connectivity index (χ1n) is 3.81. The molecule has 0 unspecified atom stereocenters. The standard InChI is InChI=1S/C4H6O2.C4H12OSi/c1-3-6-4(2)5;1-4(2)3-5-6/h3H,1H2,2H3;4H,3H2,1-2,6H3. The normalized spacial score (nSPS) is 8.67. The van der Waals surface area contributed by atoms with E-state index in [4.69, 9.17) is 4.43 Å². The molecule has 0 rings (SSSR count). The first kappa shape index (κ1) is 13.9. The molecule has 0 N–H and O–H groups in total. The topological polar surface area (TPSA) is 35.5 Å². The van der Waals surface area contributed by atoms with Gasteiger partial charge in [0.1, 0.15) is 10.5 Å². The second-order valence-corrected chi connectivity index (χ2v) is 3.20. The lowest BCUT2D eigenvalue weighted by molar-refractivity contribution is -0.135. The molecule has 0 aromatic heterocycles. The fraction of sp³-hybridized carbons (Fsp3) is 0.625. The maximum atomic E-state index is 9.75. The molecule has 12 heavy (non-hydrogen) atoms. The van der Waals surface area contributed by atoms with Crippen molar-refractivity contribution in [2.45, 2.75) is 20.8 Å². The number of esters is 1. The van der Waals surface area contributed by atoms with Crippen LogP contribution in [0.1, 0.15) is 20.8 Å². The Balaban J connectivity index is 0. The number of carbonyl (C=O) groups is 1. The lowest BCUT2D eigenvalue weighted by atomic mass is 10.2. The van der Waals surface area contributed by atoms with Gasteiger partial charge in [-0.05, 0) is 5.92 Å². The summed E-state index contributed by atoms with van der Waals surface area (Å²) in [5.74, 6) is 0.382. The minimum atomic E-state index is -0.329. The van der Waals surface area contributed by atoms with E-state index in [0.717, 1.165) is 23.4 Å². The van der Waals surface area contributed by atoms with Crippen molar-refractivity contribution in [3.05, 3.63) is 12.8 Å². The van der Waals surface area contributed by atoms with Gasteiger partial charge in [-0.15, -0.1) is 0 Å². The first-order valence-corrected chi connectivity index (χ1v) is 4.63. The lowest BCUT2D eigenvalue weighted by Gasteiger charge is -1.98. The molecule has 0 radical (unpaired) electrons. The van der Waals surface area contributed by atoms with Crippen molar-refractivity contribution in [2.75, 3.05) is 6.61 Å². The molecule has 0 aliphatic heterocycles. The van der Waals surface area contributed by atoms with E-state index in [9.17, 15) is 4.79 Å². The highest BCUT2D eigenvalue weighted by molar-refractivity contribution is 5.97. The number of rotatable bonds is 3. The summed E-state index contributed by atoms with van der Waals surface area (Å²) in [6.45, 7) is 9.72. The average Bonchev–Trinajstić information content (AvgIpc) is 1.87.